The third-order valence-electron chi connectivity index (χ3n) is 11.4. The van der Waals surface area contributed by atoms with Gasteiger partial charge in [-0.25, -0.2) is 9.18 Å². The van der Waals surface area contributed by atoms with Crippen molar-refractivity contribution in [2.45, 2.75) is 57.9 Å². The Morgan fingerprint density at radius 1 is 1.18 bits per heavy atom. The summed E-state index contributed by atoms with van der Waals surface area (Å²) in [5.74, 6) is -2.11. The van der Waals surface area contributed by atoms with Crippen LogP contribution in [-0.2, 0) is 19.2 Å². The minimum absolute atomic E-state index is 0.144. The number of esters is 1. The average Bonchev–Trinajstić information content (AvgIpc) is 3.40. The molecular weight excluding hydrogens is 517 g/mol. The summed E-state index contributed by atoms with van der Waals surface area (Å²) in [5, 5.41) is 23.6. The number of aliphatic hydroxyl groups excluding tert-OH is 2. The lowest BCUT2D eigenvalue weighted by Gasteiger charge is -2.64. The number of halogens is 1. The van der Waals surface area contributed by atoms with Crippen LogP contribution in [0.5, 0.6) is 0 Å². The first-order valence-corrected chi connectivity index (χ1v) is 13.9. The van der Waals surface area contributed by atoms with Crippen molar-refractivity contribution in [3.05, 3.63) is 53.6 Å². The Labute approximate surface area is 232 Å². The molecule has 0 aromatic heterocycles. The Balaban J connectivity index is 1.41. The number of alkyl halides is 1. The van der Waals surface area contributed by atoms with Gasteiger partial charge in [0.15, 0.2) is 17.2 Å². The molecule has 8 nitrogen and oxygen atoms in total. The van der Waals surface area contributed by atoms with E-state index in [2.05, 4.69) is 6.92 Å². The molecule has 1 aliphatic heterocycles. The van der Waals surface area contributed by atoms with Crippen LogP contribution >= 0.6 is 0 Å². The van der Waals surface area contributed by atoms with Gasteiger partial charge in [0, 0.05) is 22.7 Å². The van der Waals surface area contributed by atoms with Gasteiger partial charge in [-0.15, -0.1) is 0 Å². The molecule has 9 atom stereocenters. The van der Waals surface area contributed by atoms with E-state index in [1.807, 2.05) is 13.8 Å². The highest BCUT2D eigenvalue weighted by Gasteiger charge is 2.79. The van der Waals surface area contributed by atoms with Crippen LogP contribution in [0.4, 0.5) is 10.1 Å². The fourth-order valence-corrected chi connectivity index (χ4v) is 9.45. The number of fused-ring (bicyclic) bond motifs is 7. The van der Waals surface area contributed by atoms with Crippen molar-refractivity contribution < 1.29 is 38.6 Å². The van der Waals surface area contributed by atoms with Crippen molar-refractivity contribution in [1.29, 1.82) is 0 Å². The minimum Gasteiger partial charge on any atom is -0.465 e. The normalized spacial score (nSPS) is 43.4. The predicted molar refractivity (Wildman–Crippen MR) is 143 cm³/mol. The van der Waals surface area contributed by atoms with Gasteiger partial charge in [-0.1, -0.05) is 26.8 Å². The number of ether oxygens (including phenoxy) is 1. The van der Waals surface area contributed by atoms with Gasteiger partial charge in [0.25, 0.3) is 0 Å². The molecule has 5 aliphatic rings. The van der Waals surface area contributed by atoms with Gasteiger partial charge in [0.1, 0.15) is 12.8 Å². The van der Waals surface area contributed by atoms with Crippen LogP contribution in [0, 0.1) is 34.0 Å². The van der Waals surface area contributed by atoms with E-state index in [1.54, 1.807) is 35.4 Å². The van der Waals surface area contributed by atoms with Crippen LogP contribution in [-0.4, -0.2) is 65.9 Å². The number of ketones is 2. The van der Waals surface area contributed by atoms with Gasteiger partial charge in [-0.05, 0) is 72.6 Å². The van der Waals surface area contributed by atoms with Crippen molar-refractivity contribution in [2.24, 2.45) is 34.0 Å². The largest absolute Gasteiger partial charge is 0.465 e. The maximum Gasteiger partial charge on any atom is 0.337 e. The molecule has 40 heavy (non-hydrogen) atoms. The van der Waals surface area contributed by atoms with Crippen molar-refractivity contribution in [3.63, 3.8) is 0 Å². The number of nitrogens with zero attached hydrogens (tertiary/aromatic N) is 1. The molecule has 1 aromatic carbocycles. The Hall–Kier alpha value is -2.88. The van der Waals surface area contributed by atoms with Crippen LogP contribution in [0.2, 0.25) is 0 Å². The Morgan fingerprint density at radius 2 is 1.88 bits per heavy atom. The lowest BCUT2D eigenvalue weighted by molar-refractivity contribution is -0.216. The number of aliphatic hydroxyl groups is 2. The van der Waals surface area contributed by atoms with Gasteiger partial charge in [-0.2, -0.15) is 0 Å². The SMILES string of the molecule is COC(=O)c1ccc(N2CC3CC4(C)C5CC(F)C6=CC(=O)C=CC6(C)C5C(O)CC4(C)C3(C(=O)CO)O2)cc1. The first kappa shape index (κ1) is 27.3. The molecule has 0 spiro atoms. The highest BCUT2D eigenvalue weighted by molar-refractivity contribution is 6.01. The van der Waals surface area contributed by atoms with Crippen molar-refractivity contribution in [3.8, 4) is 0 Å². The summed E-state index contributed by atoms with van der Waals surface area (Å²) in [4.78, 5) is 44.4. The van der Waals surface area contributed by atoms with Gasteiger partial charge < -0.3 is 14.9 Å². The quantitative estimate of drug-likeness (QED) is 0.546. The summed E-state index contributed by atoms with van der Waals surface area (Å²) >= 11 is 0. The third-order valence-corrected chi connectivity index (χ3v) is 11.4. The fourth-order valence-electron chi connectivity index (χ4n) is 9.45. The van der Waals surface area contributed by atoms with Crippen molar-refractivity contribution in [1.82, 2.24) is 0 Å². The van der Waals surface area contributed by atoms with Gasteiger partial charge in [0.2, 0.25) is 0 Å². The average molecular weight is 554 g/mol. The smallest absolute Gasteiger partial charge is 0.337 e. The Morgan fingerprint density at radius 3 is 2.52 bits per heavy atom. The molecule has 4 aliphatic carbocycles. The maximum atomic E-state index is 15.9. The standard InChI is InChI=1S/C31H36FNO7/c1-28-10-9-20(35)11-21(28)23(32)12-22-26(28)24(36)14-30(3)29(22,2)13-18-15-33(40-31(18,30)25(37)16-34)19-7-5-17(6-8-19)27(38)39-4/h5-11,18,22-24,26,34,36H,12-16H2,1-4H3. The van der Waals surface area contributed by atoms with E-state index >= 15 is 4.39 Å². The second kappa shape index (κ2) is 8.81. The van der Waals surface area contributed by atoms with E-state index in [0.717, 1.165) is 0 Å². The molecule has 9 unspecified atom stereocenters. The summed E-state index contributed by atoms with van der Waals surface area (Å²) in [7, 11) is 1.31. The predicted octanol–water partition coefficient (Wildman–Crippen LogP) is 3.37. The number of hydrogen-bond donors (Lipinski definition) is 2. The molecule has 6 rings (SSSR count). The van der Waals surface area contributed by atoms with Gasteiger partial charge in [0.05, 0.1) is 31.0 Å². The molecule has 0 amide bonds. The van der Waals surface area contributed by atoms with Gasteiger partial charge >= 0.3 is 5.97 Å². The third kappa shape index (κ3) is 3.25. The molecule has 9 heteroatoms. The Bertz CT molecular complexity index is 1340. The van der Waals surface area contributed by atoms with Gasteiger partial charge in [-0.3, -0.25) is 19.5 Å². The van der Waals surface area contributed by atoms with Crippen LogP contribution in [0.15, 0.2) is 48.1 Å². The van der Waals surface area contributed by atoms with E-state index in [9.17, 15) is 24.6 Å². The first-order valence-electron chi connectivity index (χ1n) is 13.9. The number of rotatable bonds is 4. The van der Waals surface area contributed by atoms with Crippen LogP contribution in [0.1, 0.15) is 50.4 Å². The zero-order valence-corrected chi connectivity index (χ0v) is 23.2. The van der Waals surface area contributed by atoms with Crippen LogP contribution in [0.3, 0.4) is 0 Å². The van der Waals surface area contributed by atoms with Crippen molar-refractivity contribution >= 4 is 23.2 Å². The van der Waals surface area contributed by atoms with E-state index in [4.69, 9.17) is 9.57 Å². The van der Waals surface area contributed by atoms with Crippen molar-refractivity contribution in [2.75, 3.05) is 25.3 Å². The van der Waals surface area contributed by atoms with Crippen LogP contribution in [0.25, 0.3) is 0 Å². The monoisotopic (exact) mass is 553 g/mol. The topological polar surface area (TPSA) is 113 Å². The lowest BCUT2D eigenvalue weighted by atomic mass is 9.41. The van der Waals surface area contributed by atoms with E-state index in [0.29, 0.717) is 29.8 Å². The number of methoxy groups -OCH3 is 1. The summed E-state index contributed by atoms with van der Waals surface area (Å²) in [5.41, 5.74) is -2.31. The van der Waals surface area contributed by atoms with Crippen LogP contribution < -0.4 is 5.06 Å². The molecule has 1 heterocycles. The summed E-state index contributed by atoms with van der Waals surface area (Å²) in [6, 6.07) is 6.69. The number of carbonyl (C=O) groups excluding carboxylic acids is 3. The highest BCUT2D eigenvalue weighted by atomic mass is 19.1. The molecule has 2 N–H and O–H groups in total. The summed E-state index contributed by atoms with van der Waals surface area (Å²) < 4.78 is 20.7. The van der Waals surface area contributed by atoms with E-state index in [-0.39, 0.29) is 36.4 Å². The number of benzene rings is 1. The zero-order valence-electron chi connectivity index (χ0n) is 23.2. The minimum atomic E-state index is -1.43. The second-order valence-electron chi connectivity index (χ2n) is 12.9. The number of Topliss-reactive ketones (excluding diaryl/α,β-unsaturated/α-hetero) is 1. The fraction of sp³-hybridized carbons (Fsp3) is 0.581. The molecule has 214 valence electrons. The number of hydrogen-bond acceptors (Lipinski definition) is 8. The zero-order chi connectivity index (χ0) is 28.8. The number of anilines is 1. The number of hydroxylamine groups is 1. The Kier molecular flexibility index (Phi) is 6.01. The van der Waals surface area contributed by atoms with E-state index in [1.165, 1.54) is 19.3 Å². The molecule has 4 fully saturated rings. The maximum absolute atomic E-state index is 15.9. The molecule has 0 bridgehead atoms. The molecule has 0 radical (unpaired) electrons. The summed E-state index contributed by atoms with van der Waals surface area (Å²) in [6.45, 7) is 5.58. The molecular formula is C31H36FNO7. The molecule has 1 aromatic rings. The molecule has 1 saturated heterocycles. The first-order chi connectivity index (χ1) is 18.9. The number of allylic oxidation sites excluding steroid dienone is 4. The summed E-state index contributed by atoms with van der Waals surface area (Å²) in [6.07, 6.45) is 3.29. The highest BCUT2D eigenvalue weighted by Crippen LogP contribution is 2.76. The second-order valence-corrected chi connectivity index (χ2v) is 12.9. The lowest BCUT2D eigenvalue weighted by Crippen LogP contribution is -2.67. The van der Waals surface area contributed by atoms with E-state index < -0.39 is 52.5 Å². The number of carbonyl (C=O) groups is 3. The molecule has 3 saturated carbocycles.